The fraction of sp³-hybridized carbons (Fsp3) is 0.625. The van der Waals surface area contributed by atoms with E-state index in [2.05, 4.69) is 29.6 Å². The average molecular weight is 175 g/mol. The van der Waals surface area contributed by atoms with Crippen molar-refractivity contribution in [2.75, 3.05) is 0 Å². The second kappa shape index (κ2) is 5.19. The second-order valence-corrected chi connectivity index (χ2v) is 2.44. The van der Waals surface area contributed by atoms with Crippen molar-refractivity contribution in [3.8, 4) is 0 Å². The third kappa shape index (κ3) is 2.54. The first-order chi connectivity index (χ1) is 4.88. The highest BCUT2D eigenvalue weighted by Gasteiger charge is 2.05. The Bertz CT molecular complexity index is 196. The molecule has 0 amide bonds. The number of nitrogens with zero attached hydrogens (tertiary/aromatic N) is 1. The van der Waals surface area contributed by atoms with Crippen molar-refractivity contribution >= 4 is 0 Å². The van der Waals surface area contributed by atoms with Crippen LogP contribution in [0.4, 0.5) is 0 Å². The van der Waals surface area contributed by atoms with E-state index in [9.17, 15) is 0 Å². The summed E-state index contributed by atoms with van der Waals surface area (Å²) in [6, 6.07) is 0. The number of halogens is 1. The molecule has 0 spiro atoms. The summed E-state index contributed by atoms with van der Waals surface area (Å²) in [5, 5.41) is 0. The predicted octanol–water partition coefficient (Wildman–Crippen LogP) is -1.72. The first kappa shape index (κ1) is 10.5. The minimum Gasteiger partial charge on any atom is -1.00 e. The Morgan fingerprint density at radius 2 is 2.18 bits per heavy atom. The van der Waals surface area contributed by atoms with Gasteiger partial charge >= 0.3 is 0 Å². The second-order valence-electron chi connectivity index (χ2n) is 2.44. The SMILES string of the molecule is CCCc1[nH]cc[n+]1CC.[Cl-]. The molecular weight excluding hydrogens is 160 g/mol. The highest BCUT2D eigenvalue weighted by atomic mass is 35.5. The highest BCUT2D eigenvalue weighted by molar-refractivity contribution is 4.76. The Balaban J connectivity index is 0.000001000. The monoisotopic (exact) mass is 174 g/mol. The number of hydrogen-bond donors (Lipinski definition) is 1. The van der Waals surface area contributed by atoms with Gasteiger partial charge in [-0.1, -0.05) is 6.92 Å². The van der Waals surface area contributed by atoms with Crippen LogP contribution in [0.15, 0.2) is 12.4 Å². The van der Waals surface area contributed by atoms with Crippen molar-refractivity contribution in [2.45, 2.75) is 33.2 Å². The number of hydrogen-bond acceptors (Lipinski definition) is 0. The van der Waals surface area contributed by atoms with Gasteiger partial charge in [0.25, 0.3) is 5.82 Å². The molecule has 0 radical (unpaired) electrons. The lowest BCUT2D eigenvalue weighted by Crippen LogP contribution is -3.00. The molecule has 1 N–H and O–H groups in total. The lowest BCUT2D eigenvalue weighted by molar-refractivity contribution is -0.699. The summed E-state index contributed by atoms with van der Waals surface area (Å²) in [6.07, 6.45) is 6.45. The molecule has 2 nitrogen and oxygen atoms in total. The van der Waals surface area contributed by atoms with E-state index in [-0.39, 0.29) is 12.4 Å². The van der Waals surface area contributed by atoms with Gasteiger partial charge in [-0.15, -0.1) is 0 Å². The molecule has 0 saturated carbocycles. The van der Waals surface area contributed by atoms with Gasteiger partial charge in [0.15, 0.2) is 0 Å². The standard InChI is InChI=1S/C8H14N2.ClH/c1-3-5-8-9-6-7-10(8)4-2;/h6-7H,3-5H2,1-2H3;1H. The maximum absolute atomic E-state index is 3.22. The van der Waals surface area contributed by atoms with Crippen LogP contribution in [0.5, 0.6) is 0 Å². The number of nitrogens with one attached hydrogen (secondary N) is 1. The van der Waals surface area contributed by atoms with Crippen molar-refractivity contribution in [1.82, 2.24) is 4.98 Å². The molecule has 1 heterocycles. The van der Waals surface area contributed by atoms with Crippen LogP contribution in [-0.4, -0.2) is 4.98 Å². The van der Waals surface area contributed by atoms with E-state index in [0.717, 1.165) is 13.0 Å². The van der Waals surface area contributed by atoms with Crippen LogP contribution >= 0.6 is 0 Å². The fourth-order valence-electron chi connectivity index (χ4n) is 1.15. The van der Waals surface area contributed by atoms with Gasteiger partial charge in [-0.2, -0.15) is 0 Å². The zero-order chi connectivity index (χ0) is 7.40. The third-order valence-electron chi connectivity index (χ3n) is 1.68. The minimum absolute atomic E-state index is 0. The Labute approximate surface area is 74.0 Å². The van der Waals surface area contributed by atoms with Gasteiger partial charge in [0.1, 0.15) is 12.4 Å². The van der Waals surface area contributed by atoms with Crippen LogP contribution < -0.4 is 17.0 Å². The lowest BCUT2D eigenvalue weighted by atomic mass is 10.3. The van der Waals surface area contributed by atoms with E-state index in [1.807, 2.05) is 6.20 Å². The summed E-state index contributed by atoms with van der Waals surface area (Å²) in [7, 11) is 0. The topological polar surface area (TPSA) is 19.7 Å². The smallest absolute Gasteiger partial charge is 0.254 e. The van der Waals surface area contributed by atoms with Crippen molar-refractivity contribution < 1.29 is 17.0 Å². The van der Waals surface area contributed by atoms with Gasteiger partial charge in [0.05, 0.1) is 6.54 Å². The predicted molar refractivity (Wildman–Crippen MR) is 40.7 cm³/mol. The number of aromatic nitrogens is 2. The van der Waals surface area contributed by atoms with Gasteiger partial charge in [-0.3, -0.25) is 0 Å². The number of rotatable bonds is 3. The molecule has 3 heteroatoms. The summed E-state index contributed by atoms with van der Waals surface area (Å²) < 4.78 is 2.24. The molecular formula is C8H15ClN2. The van der Waals surface area contributed by atoms with Gasteiger partial charge < -0.3 is 12.4 Å². The van der Waals surface area contributed by atoms with E-state index >= 15 is 0 Å². The molecule has 1 aromatic rings. The van der Waals surface area contributed by atoms with E-state index in [1.165, 1.54) is 12.2 Å². The van der Waals surface area contributed by atoms with Crippen LogP contribution in [0.2, 0.25) is 0 Å². The molecule has 0 aliphatic heterocycles. The summed E-state index contributed by atoms with van der Waals surface area (Å²) in [5.74, 6) is 1.34. The fourth-order valence-corrected chi connectivity index (χ4v) is 1.15. The van der Waals surface area contributed by atoms with Gasteiger partial charge in [0.2, 0.25) is 0 Å². The van der Waals surface area contributed by atoms with Crippen LogP contribution in [0.25, 0.3) is 0 Å². The molecule has 64 valence electrons. The van der Waals surface area contributed by atoms with E-state index in [4.69, 9.17) is 0 Å². The Morgan fingerprint density at radius 3 is 2.73 bits per heavy atom. The highest BCUT2D eigenvalue weighted by Crippen LogP contribution is 1.91. The van der Waals surface area contributed by atoms with Crippen molar-refractivity contribution in [1.29, 1.82) is 0 Å². The Hall–Kier alpha value is -0.500. The molecule has 0 atom stereocenters. The molecule has 0 bridgehead atoms. The Kier molecular flexibility index (Phi) is 4.95. The van der Waals surface area contributed by atoms with E-state index < -0.39 is 0 Å². The van der Waals surface area contributed by atoms with Crippen LogP contribution in [0.1, 0.15) is 26.1 Å². The maximum Gasteiger partial charge on any atom is 0.254 e. The summed E-state index contributed by atoms with van der Waals surface area (Å²) in [5.41, 5.74) is 0. The molecule has 0 unspecified atom stereocenters. The molecule has 1 aromatic heterocycles. The summed E-state index contributed by atoms with van der Waals surface area (Å²) >= 11 is 0. The summed E-state index contributed by atoms with van der Waals surface area (Å²) in [6.45, 7) is 5.42. The molecule has 0 fully saturated rings. The van der Waals surface area contributed by atoms with Gasteiger partial charge in [0, 0.05) is 6.42 Å². The number of imidazole rings is 1. The largest absolute Gasteiger partial charge is 1.00 e. The average Bonchev–Trinajstić information content (AvgIpc) is 2.36. The summed E-state index contributed by atoms with van der Waals surface area (Å²) in [4.78, 5) is 3.22. The van der Waals surface area contributed by atoms with Gasteiger partial charge in [-0.25, -0.2) is 9.55 Å². The van der Waals surface area contributed by atoms with E-state index in [1.54, 1.807) is 0 Å². The Morgan fingerprint density at radius 1 is 1.45 bits per heavy atom. The van der Waals surface area contributed by atoms with Crippen LogP contribution in [0.3, 0.4) is 0 Å². The number of H-pyrrole nitrogens is 1. The van der Waals surface area contributed by atoms with Crippen molar-refractivity contribution in [2.24, 2.45) is 0 Å². The molecule has 11 heavy (non-hydrogen) atoms. The van der Waals surface area contributed by atoms with Crippen molar-refractivity contribution in [3.05, 3.63) is 18.2 Å². The molecule has 1 rings (SSSR count). The molecule has 0 aliphatic carbocycles. The van der Waals surface area contributed by atoms with Crippen LogP contribution in [-0.2, 0) is 13.0 Å². The van der Waals surface area contributed by atoms with E-state index in [0.29, 0.717) is 0 Å². The lowest BCUT2D eigenvalue weighted by Gasteiger charge is -1.92. The van der Waals surface area contributed by atoms with Crippen molar-refractivity contribution in [3.63, 3.8) is 0 Å². The first-order valence-electron chi connectivity index (χ1n) is 3.94. The van der Waals surface area contributed by atoms with Crippen LogP contribution in [0, 0.1) is 0 Å². The zero-order valence-corrected chi connectivity index (χ0v) is 7.86. The van der Waals surface area contributed by atoms with Gasteiger partial charge in [-0.05, 0) is 13.3 Å². The number of aryl methyl sites for hydroxylation is 2. The maximum atomic E-state index is 3.22. The third-order valence-corrected chi connectivity index (χ3v) is 1.68. The first-order valence-corrected chi connectivity index (χ1v) is 3.94. The quantitative estimate of drug-likeness (QED) is 0.527. The normalized spacial score (nSPS) is 9.27. The molecule has 0 aromatic carbocycles. The zero-order valence-electron chi connectivity index (χ0n) is 7.10. The molecule has 0 saturated heterocycles. The molecule has 0 aliphatic rings. The minimum atomic E-state index is 0. The number of aromatic amines is 1.